The van der Waals surface area contributed by atoms with Crippen LogP contribution in [-0.2, 0) is 6.18 Å². The Kier molecular flexibility index (Phi) is 4.47. The number of hydrogen-bond donors (Lipinski definition) is 0. The predicted molar refractivity (Wildman–Crippen MR) is 99.0 cm³/mol. The van der Waals surface area contributed by atoms with Crippen LogP contribution in [0.5, 0.6) is 0 Å². The number of halogens is 3. The van der Waals surface area contributed by atoms with Gasteiger partial charge in [0.05, 0.1) is 4.88 Å². The zero-order valence-electron chi connectivity index (χ0n) is 14.4. The molecule has 0 bridgehead atoms. The van der Waals surface area contributed by atoms with Crippen molar-refractivity contribution >= 4 is 16.9 Å². The monoisotopic (exact) mass is 388 g/mol. The van der Waals surface area contributed by atoms with Gasteiger partial charge >= 0.3 is 6.18 Å². The van der Waals surface area contributed by atoms with Gasteiger partial charge in [0.25, 0.3) is 5.89 Å². The van der Waals surface area contributed by atoms with Gasteiger partial charge in [-0.15, -0.1) is 11.3 Å². The number of allylic oxidation sites excluding steroid dienone is 4. The molecule has 1 aromatic carbocycles. The predicted octanol–water partition coefficient (Wildman–Crippen LogP) is 6.61. The first-order chi connectivity index (χ1) is 12.9. The number of hydrogen-bond acceptors (Lipinski definition) is 4. The molecule has 1 aliphatic carbocycles. The molecule has 0 unspecified atom stereocenters. The van der Waals surface area contributed by atoms with Crippen molar-refractivity contribution in [2.45, 2.75) is 25.9 Å². The van der Waals surface area contributed by atoms with Crippen LogP contribution in [0, 0.1) is 0 Å². The van der Waals surface area contributed by atoms with Crippen molar-refractivity contribution in [3.63, 3.8) is 0 Å². The molecule has 0 aliphatic heterocycles. The normalized spacial score (nSPS) is 14.8. The van der Waals surface area contributed by atoms with Gasteiger partial charge in [-0.05, 0) is 31.4 Å². The van der Waals surface area contributed by atoms with Crippen LogP contribution in [0.4, 0.5) is 13.2 Å². The third kappa shape index (κ3) is 3.47. The van der Waals surface area contributed by atoms with E-state index >= 15 is 0 Å². The average Bonchev–Trinajstić information content (AvgIpc) is 3.30. The molecular weight excluding hydrogens is 373 g/mol. The average molecular weight is 388 g/mol. The van der Waals surface area contributed by atoms with Crippen LogP contribution in [0.15, 0.2) is 58.6 Å². The molecule has 0 spiro atoms. The highest BCUT2D eigenvalue weighted by molar-refractivity contribution is 7.16. The van der Waals surface area contributed by atoms with Gasteiger partial charge in [-0.25, -0.2) is 0 Å². The first kappa shape index (κ1) is 17.7. The lowest BCUT2D eigenvalue weighted by atomic mass is 9.99. The molecule has 2 aromatic heterocycles. The summed E-state index contributed by atoms with van der Waals surface area (Å²) in [7, 11) is 0. The molecule has 0 saturated carbocycles. The van der Waals surface area contributed by atoms with E-state index in [0.29, 0.717) is 27.6 Å². The Balaban J connectivity index is 1.78. The van der Waals surface area contributed by atoms with Crippen LogP contribution in [0.2, 0.25) is 0 Å². The number of aromatic nitrogens is 2. The van der Waals surface area contributed by atoms with E-state index in [1.54, 1.807) is 30.3 Å². The standard InChI is InChI=1S/C20H15F3N2OS/c1-12-7-5-6-10-14(12)18-24-19(26-25-18)16-11-15(13-8-3-2-4-9-13)17(27-16)20(21,22)23/h2-4,6,8-11H,5,7H2,1H3. The van der Waals surface area contributed by atoms with Crippen molar-refractivity contribution in [2.75, 3.05) is 0 Å². The summed E-state index contributed by atoms with van der Waals surface area (Å²) in [6.07, 6.45) is 1.37. The fraction of sp³-hybridized carbons (Fsp3) is 0.200. The first-order valence-corrected chi connectivity index (χ1v) is 9.22. The van der Waals surface area contributed by atoms with E-state index in [9.17, 15) is 13.2 Å². The number of benzene rings is 1. The molecule has 0 fully saturated rings. The Hall–Kier alpha value is -2.67. The van der Waals surface area contributed by atoms with Gasteiger partial charge in [0, 0.05) is 11.1 Å². The van der Waals surface area contributed by atoms with Crippen molar-refractivity contribution in [1.29, 1.82) is 0 Å². The lowest BCUT2D eigenvalue weighted by Gasteiger charge is -2.08. The van der Waals surface area contributed by atoms with Crippen LogP contribution in [0.1, 0.15) is 30.5 Å². The molecule has 3 aromatic rings. The SMILES string of the molecule is CC1=C(c2noc(-c3cc(-c4ccccc4)c(C(F)(F)F)s3)n2)C=CCC1. The summed E-state index contributed by atoms with van der Waals surface area (Å²) in [5.41, 5.74) is 2.63. The minimum Gasteiger partial charge on any atom is -0.333 e. The molecule has 4 rings (SSSR count). The van der Waals surface area contributed by atoms with E-state index in [1.165, 1.54) is 6.07 Å². The lowest BCUT2D eigenvalue weighted by Crippen LogP contribution is -2.03. The minimum atomic E-state index is -4.46. The quantitative estimate of drug-likeness (QED) is 0.507. The van der Waals surface area contributed by atoms with E-state index in [-0.39, 0.29) is 11.5 Å². The summed E-state index contributed by atoms with van der Waals surface area (Å²) in [4.78, 5) is 3.97. The molecule has 1 aliphatic rings. The Morgan fingerprint density at radius 1 is 1.15 bits per heavy atom. The van der Waals surface area contributed by atoms with Crippen LogP contribution in [0.25, 0.3) is 27.5 Å². The van der Waals surface area contributed by atoms with Gasteiger partial charge in [-0.1, -0.05) is 53.2 Å². The number of alkyl halides is 3. The highest BCUT2D eigenvalue weighted by atomic mass is 32.1. The van der Waals surface area contributed by atoms with Crippen molar-refractivity contribution in [3.8, 4) is 21.9 Å². The lowest BCUT2D eigenvalue weighted by molar-refractivity contribution is -0.133. The third-order valence-corrected chi connectivity index (χ3v) is 5.55. The maximum atomic E-state index is 13.5. The van der Waals surface area contributed by atoms with Crippen molar-refractivity contribution in [3.05, 3.63) is 64.8 Å². The molecule has 138 valence electrons. The summed E-state index contributed by atoms with van der Waals surface area (Å²) < 4.78 is 45.9. The first-order valence-electron chi connectivity index (χ1n) is 8.40. The zero-order valence-corrected chi connectivity index (χ0v) is 15.2. The molecule has 3 nitrogen and oxygen atoms in total. The van der Waals surface area contributed by atoms with E-state index in [4.69, 9.17) is 4.52 Å². The molecule has 0 amide bonds. The highest BCUT2D eigenvalue weighted by Gasteiger charge is 2.37. The maximum absolute atomic E-state index is 13.5. The van der Waals surface area contributed by atoms with Gasteiger partial charge in [0.15, 0.2) is 0 Å². The molecule has 2 heterocycles. The highest BCUT2D eigenvalue weighted by Crippen LogP contribution is 2.45. The summed E-state index contributed by atoms with van der Waals surface area (Å²) in [5, 5.41) is 3.97. The Morgan fingerprint density at radius 3 is 2.63 bits per heavy atom. The zero-order chi connectivity index (χ0) is 19.0. The Morgan fingerprint density at radius 2 is 1.93 bits per heavy atom. The second-order valence-corrected chi connectivity index (χ2v) is 7.33. The smallest absolute Gasteiger partial charge is 0.333 e. The fourth-order valence-electron chi connectivity index (χ4n) is 3.02. The van der Waals surface area contributed by atoms with Crippen LogP contribution in [0.3, 0.4) is 0 Å². The van der Waals surface area contributed by atoms with E-state index in [1.807, 2.05) is 19.1 Å². The topological polar surface area (TPSA) is 38.9 Å². The second kappa shape index (κ2) is 6.81. The van der Waals surface area contributed by atoms with Gasteiger partial charge in [0.2, 0.25) is 5.82 Å². The molecule has 7 heteroatoms. The molecule has 0 N–H and O–H groups in total. The van der Waals surface area contributed by atoms with Crippen LogP contribution in [-0.4, -0.2) is 10.1 Å². The summed E-state index contributed by atoms with van der Waals surface area (Å²) in [6.45, 7) is 2.00. The largest absolute Gasteiger partial charge is 0.426 e. The van der Waals surface area contributed by atoms with Gasteiger partial charge in [-0.2, -0.15) is 18.2 Å². The van der Waals surface area contributed by atoms with Crippen molar-refractivity contribution in [2.24, 2.45) is 0 Å². The van der Waals surface area contributed by atoms with E-state index in [2.05, 4.69) is 10.1 Å². The van der Waals surface area contributed by atoms with Gasteiger partial charge < -0.3 is 4.52 Å². The summed E-state index contributed by atoms with van der Waals surface area (Å²) >= 11 is 0.620. The molecule has 0 radical (unpaired) electrons. The Bertz CT molecular complexity index is 1030. The molecule has 0 saturated heterocycles. The number of thiophene rings is 1. The minimum absolute atomic E-state index is 0.0990. The molecule has 0 atom stereocenters. The van der Waals surface area contributed by atoms with Gasteiger partial charge in [0.1, 0.15) is 4.88 Å². The van der Waals surface area contributed by atoms with Crippen molar-refractivity contribution in [1.82, 2.24) is 10.1 Å². The summed E-state index contributed by atoms with van der Waals surface area (Å²) in [6, 6.07) is 9.97. The van der Waals surface area contributed by atoms with Crippen LogP contribution < -0.4 is 0 Å². The van der Waals surface area contributed by atoms with E-state index in [0.717, 1.165) is 24.0 Å². The molecular formula is C20H15F3N2OS. The number of nitrogens with zero attached hydrogens (tertiary/aromatic N) is 2. The fourth-order valence-corrected chi connectivity index (χ4v) is 3.98. The Labute approximate surface area is 157 Å². The van der Waals surface area contributed by atoms with Crippen LogP contribution >= 0.6 is 11.3 Å². The maximum Gasteiger partial charge on any atom is 0.426 e. The van der Waals surface area contributed by atoms with Gasteiger partial charge in [-0.3, -0.25) is 0 Å². The second-order valence-electron chi connectivity index (χ2n) is 6.28. The number of rotatable bonds is 3. The van der Waals surface area contributed by atoms with Crippen molar-refractivity contribution < 1.29 is 17.7 Å². The molecule has 27 heavy (non-hydrogen) atoms. The third-order valence-electron chi connectivity index (χ3n) is 4.38. The van der Waals surface area contributed by atoms with E-state index < -0.39 is 11.1 Å². The summed E-state index contributed by atoms with van der Waals surface area (Å²) in [5.74, 6) is 0.503.